The second-order valence-electron chi connectivity index (χ2n) is 9.94. The Morgan fingerprint density at radius 3 is 2.56 bits per heavy atom. The van der Waals surface area contributed by atoms with Crippen LogP contribution < -0.4 is 4.90 Å². The minimum atomic E-state index is -1.39. The lowest BCUT2D eigenvalue weighted by molar-refractivity contribution is -0.160. The molecule has 4 aliphatic rings. The predicted octanol–water partition coefficient (Wildman–Crippen LogP) is 2.88. The molecule has 192 valence electrons. The minimum Gasteiger partial charge on any atom is -0.465 e. The molecule has 1 aromatic carbocycles. The highest BCUT2D eigenvalue weighted by Gasteiger charge is 2.75. The number of anilines is 1. The number of hydrogen-bond acceptors (Lipinski definition) is 6. The number of hydrogen-bond donors (Lipinski definition) is 1. The second kappa shape index (κ2) is 9.32. The third-order valence-electron chi connectivity index (χ3n) is 7.95. The van der Waals surface area contributed by atoms with Crippen LogP contribution in [0.4, 0.5) is 5.69 Å². The molecule has 0 aromatic heterocycles. The van der Waals surface area contributed by atoms with Crippen LogP contribution in [0.3, 0.4) is 0 Å². The summed E-state index contributed by atoms with van der Waals surface area (Å²) in [6.45, 7) is 3.78. The summed E-state index contributed by atoms with van der Waals surface area (Å²) >= 11 is 6.07. The van der Waals surface area contributed by atoms with Crippen LogP contribution in [-0.4, -0.2) is 70.8 Å². The summed E-state index contributed by atoms with van der Waals surface area (Å²) < 4.78 is 12.4. The third-order valence-corrected chi connectivity index (χ3v) is 8.20. The number of rotatable bonds is 4. The summed E-state index contributed by atoms with van der Waals surface area (Å²) in [6.07, 6.45) is 9.31. The molecule has 0 bridgehead atoms. The molecule has 2 fully saturated rings. The first kappa shape index (κ1) is 25.0. The van der Waals surface area contributed by atoms with Gasteiger partial charge in [0.05, 0.1) is 25.2 Å². The van der Waals surface area contributed by atoms with E-state index in [0.717, 1.165) is 0 Å². The first-order chi connectivity index (χ1) is 17.3. The Kier molecular flexibility index (Phi) is 6.47. The van der Waals surface area contributed by atoms with E-state index in [4.69, 9.17) is 21.1 Å². The molecule has 4 heterocycles. The Morgan fingerprint density at radius 1 is 1.11 bits per heavy atom. The van der Waals surface area contributed by atoms with Crippen LogP contribution in [0.2, 0.25) is 5.02 Å². The molecule has 4 aliphatic heterocycles. The first-order valence-corrected chi connectivity index (χ1v) is 12.9. The maximum absolute atomic E-state index is 14.3. The van der Waals surface area contributed by atoms with Gasteiger partial charge in [-0.05, 0) is 50.5 Å². The summed E-state index contributed by atoms with van der Waals surface area (Å²) in [7, 11) is 0. The van der Waals surface area contributed by atoms with Crippen molar-refractivity contribution < 1.29 is 29.0 Å². The lowest BCUT2D eigenvalue weighted by atomic mass is 9.73. The molecule has 5 rings (SSSR count). The van der Waals surface area contributed by atoms with Gasteiger partial charge in [0.25, 0.3) is 5.91 Å². The monoisotopic (exact) mass is 514 g/mol. The minimum absolute atomic E-state index is 0.257. The molecule has 1 N–H and O–H groups in total. The van der Waals surface area contributed by atoms with Crippen LogP contribution in [0, 0.1) is 11.8 Å². The molecule has 1 aromatic rings. The quantitative estimate of drug-likeness (QED) is 0.490. The molecule has 1 spiro atoms. The average Bonchev–Trinajstić information content (AvgIpc) is 3.26. The summed E-state index contributed by atoms with van der Waals surface area (Å²) in [6, 6.07) is 5.19. The fourth-order valence-electron chi connectivity index (χ4n) is 6.23. The van der Waals surface area contributed by atoms with Crippen LogP contribution in [0.25, 0.3) is 0 Å². The lowest BCUT2D eigenvalue weighted by Crippen LogP contribution is -2.58. The molecule has 6 atom stereocenters. The zero-order chi connectivity index (χ0) is 25.7. The van der Waals surface area contributed by atoms with E-state index in [-0.39, 0.29) is 31.6 Å². The highest BCUT2D eigenvalue weighted by Crippen LogP contribution is 2.58. The fraction of sp³-hybridized carbons (Fsp3) is 0.519. The molecule has 0 radical (unpaired) electrons. The molecule has 0 saturated carbocycles. The number of nitrogens with zero attached hydrogens (tertiary/aromatic N) is 2. The third kappa shape index (κ3) is 3.61. The smallest absolute Gasteiger partial charge is 0.313 e. The van der Waals surface area contributed by atoms with Gasteiger partial charge in [-0.1, -0.05) is 42.8 Å². The molecule has 8 nitrogen and oxygen atoms in total. The van der Waals surface area contributed by atoms with Crippen LogP contribution in [0.5, 0.6) is 0 Å². The number of halogens is 1. The van der Waals surface area contributed by atoms with Crippen molar-refractivity contribution in [3.63, 3.8) is 0 Å². The fourth-order valence-corrected chi connectivity index (χ4v) is 6.36. The number of fused-ring (bicyclic) bond motifs is 2. The standard InChI is InChI=1S/C27H31ClN2O6/c1-3-26-12-5-4-6-15-35-25(34)21(26)20-23(32)30(17(2)16-31)22-24(33)29(14-7-13-27(20,22)36-26)19-10-8-18(28)9-11-19/h5,7-13,17,20-22,31H,3-4,6,14-16H2,1-2H3/b12-5-/t17-,20+,21-,22?,26+,27+/m1/s1. The van der Waals surface area contributed by atoms with E-state index in [9.17, 15) is 19.5 Å². The maximum Gasteiger partial charge on any atom is 0.313 e. The number of likely N-dealkylation sites (tertiary alicyclic amines) is 1. The maximum atomic E-state index is 14.3. The molecule has 2 amide bonds. The van der Waals surface area contributed by atoms with Gasteiger partial charge in [-0.15, -0.1) is 0 Å². The Morgan fingerprint density at radius 2 is 1.86 bits per heavy atom. The first-order valence-electron chi connectivity index (χ1n) is 12.5. The van der Waals surface area contributed by atoms with Crippen LogP contribution >= 0.6 is 11.6 Å². The van der Waals surface area contributed by atoms with E-state index in [2.05, 4.69) is 0 Å². The Bertz CT molecular complexity index is 1120. The van der Waals surface area contributed by atoms with Gasteiger partial charge in [0, 0.05) is 17.3 Å². The SMILES string of the molecule is CC[C@]12/C=C\CCCOC(=O)[C@H]1[C@H]1C(=O)N([C@H](C)CO)C3C(=O)N(c4ccc(Cl)cc4)CC=C[C@@]31O2. The van der Waals surface area contributed by atoms with Crippen molar-refractivity contribution in [2.45, 2.75) is 56.4 Å². The number of aliphatic hydroxyl groups is 1. The summed E-state index contributed by atoms with van der Waals surface area (Å²) in [5, 5.41) is 10.6. The van der Waals surface area contributed by atoms with Crippen molar-refractivity contribution in [1.82, 2.24) is 4.90 Å². The molecule has 9 heteroatoms. The van der Waals surface area contributed by atoms with E-state index < -0.39 is 41.1 Å². The molecular weight excluding hydrogens is 484 g/mol. The Balaban J connectivity index is 1.68. The van der Waals surface area contributed by atoms with Crippen LogP contribution in [0.15, 0.2) is 48.6 Å². The zero-order valence-electron chi connectivity index (χ0n) is 20.4. The van der Waals surface area contributed by atoms with Crippen molar-refractivity contribution in [1.29, 1.82) is 0 Å². The van der Waals surface area contributed by atoms with Crippen molar-refractivity contribution >= 4 is 35.1 Å². The number of amides is 2. The van der Waals surface area contributed by atoms with Crippen molar-refractivity contribution in [3.05, 3.63) is 53.6 Å². The predicted molar refractivity (Wildman–Crippen MR) is 133 cm³/mol. The van der Waals surface area contributed by atoms with E-state index in [1.165, 1.54) is 4.90 Å². The van der Waals surface area contributed by atoms with Gasteiger partial charge in [-0.3, -0.25) is 14.4 Å². The van der Waals surface area contributed by atoms with Gasteiger partial charge < -0.3 is 24.4 Å². The Hall–Kier alpha value is -2.68. The van der Waals surface area contributed by atoms with Crippen LogP contribution in [0.1, 0.15) is 33.1 Å². The number of aliphatic hydroxyl groups excluding tert-OH is 1. The normalized spacial score (nSPS) is 35.7. The molecule has 1 unspecified atom stereocenters. The number of allylic oxidation sites excluding steroid dienone is 1. The number of cyclic esters (lactones) is 1. The zero-order valence-corrected chi connectivity index (χ0v) is 21.2. The van der Waals surface area contributed by atoms with Gasteiger partial charge >= 0.3 is 5.97 Å². The van der Waals surface area contributed by atoms with Gasteiger partial charge in [0.1, 0.15) is 23.2 Å². The molecule has 2 saturated heterocycles. The highest BCUT2D eigenvalue weighted by molar-refractivity contribution is 6.30. The molecule has 0 aliphatic carbocycles. The van der Waals surface area contributed by atoms with Gasteiger partial charge in [0.2, 0.25) is 5.91 Å². The number of ether oxygens (including phenoxy) is 2. The number of benzene rings is 1. The average molecular weight is 515 g/mol. The van der Waals surface area contributed by atoms with E-state index >= 15 is 0 Å². The number of carbonyl (C=O) groups excluding carboxylic acids is 3. The molecule has 36 heavy (non-hydrogen) atoms. The number of carbonyl (C=O) groups is 3. The van der Waals surface area contributed by atoms with E-state index in [1.54, 1.807) is 42.2 Å². The lowest BCUT2D eigenvalue weighted by Gasteiger charge is -2.40. The topological polar surface area (TPSA) is 96.4 Å². The summed E-state index contributed by atoms with van der Waals surface area (Å²) in [4.78, 5) is 44.8. The van der Waals surface area contributed by atoms with Crippen molar-refractivity contribution in [2.75, 3.05) is 24.7 Å². The molecular formula is C27H31ClN2O6. The summed E-state index contributed by atoms with van der Waals surface area (Å²) in [5.74, 6) is -3.09. The second-order valence-corrected chi connectivity index (χ2v) is 10.4. The van der Waals surface area contributed by atoms with Crippen molar-refractivity contribution in [2.24, 2.45) is 11.8 Å². The van der Waals surface area contributed by atoms with Crippen LogP contribution in [-0.2, 0) is 23.9 Å². The van der Waals surface area contributed by atoms with Crippen molar-refractivity contribution in [3.8, 4) is 0 Å². The van der Waals surface area contributed by atoms with Gasteiger partial charge in [-0.25, -0.2) is 0 Å². The van der Waals surface area contributed by atoms with Gasteiger partial charge in [0.15, 0.2) is 0 Å². The van der Waals surface area contributed by atoms with E-state index in [1.807, 2.05) is 25.2 Å². The van der Waals surface area contributed by atoms with Gasteiger partial charge in [-0.2, -0.15) is 0 Å². The highest BCUT2D eigenvalue weighted by atomic mass is 35.5. The Labute approximate surface area is 215 Å². The largest absolute Gasteiger partial charge is 0.465 e. The van der Waals surface area contributed by atoms with E-state index in [0.29, 0.717) is 30.0 Å². The summed E-state index contributed by atoms with van der Waals surface area (Å²) in [5.41, 5.74) is -1.85. The number of esters is 1.